The van der Waals surface area contributed by atoms with Gasteiger partial charge < -0.3 is 9.47 Å². The molecule has 0 amide bonds. The minimum Gasteiger partial charge on any atom is -0.463 e. The highest BCUT2D eigenvalue weighted by molar-refractivity contribution is 5.99. The minimum atomic E-state index is -1.19. The molecule has 0 heterocycles. The van der Waals surface area contributed by atoms with Gasteiger partial charge in [-0.2, -0.15) is 0 Å². The van der Waals surface area contributed by atoms with Gasteiger partial charge >= 0.3 is 11.9 Å². The van der Waals surface area contributed by atoms with Gasteiger partial charge in [0.05, 0.1) is 13.0 Å². The minimum absolute atomic E-state index is 0.163. The molecule has 0 N–H and O–H groups in total. The second kappa shape index (κ2) is 7.31. The van der Waals surface area contributed by atoms with Crippen LogP contribution in [0.25, 0.3) is 0 Å². The summed E-state index contributed by atoms with van der Waals surface area (Å²) in [5.74, 6) is -1.61. The first-order valence-corrected chi connectivity index (χ1v) is 5.96. The monoisotopic (exact) mass is 264 g/mol. The van der Waals surface area contributed by atoms with Crippen LogP contribution >= 0.6 is 0 Å². The maximum Gasteiger partial charge on any atom is 0.347 e. The first kappa shape index (κ1) is 14.9. The molecule has 0 aliphatic carbocycles. The lowest BCUT2D eigenvalue weighted by Gasteiger charge is -2.14. The summed E-state index contributed by atoms with van der Waals surface area (Å²) in [6, 6.07) is 8.50. The number of rotatable bonds is 6. The van der Waals surface area contributed by atoms with Crippen molar-refractivity contribution in [1.82, 2.24) is 0 Å². The van der Waals surface area contributed by atoms with Gasteiger partial charge in [-0.3, -0.25) is 9.59 Å². The number of benzene rings is 1. The van der Waals surface area contributed by atoms with E-state index in [4.69, 9.17) is 9.47 Å². The van der Waals surface area contributed by atoms with Gasteiger partial charge in [-0.05, 0) is 6.92 Å². The Balaban J connectivity index is 2.74. The van der Waals surface area contributed by atoms with Crippen molar-refractivity contribution in [2.45, 2.75) is 26.4 Å². The van der Waals surface area contributed by atoms with Gasteiger partial charge in [0.2, 0.25) is 6.10 Å². The standard InChI is InChI=1S/C14H16O5/c1-3-18-14(17)13(19-10(2)15)9-12(16)11-7-5-4-6-8-11/h4-8,13H,3,9H2,1-2H3. The van der Waals surface area contributed by atoms with E-state index in [2.05, 4.69) is 0 Å². The third-order valence-electron chi connectivity index (χ3n) is 2.32. The second-order valence-corrected chi connectivity index (χ2v) is 3.84. The van der Waals surface area contributed by atoms with Gasteiger partial charge in [0.15, 0.2) is 5.78 Å². The van der Waals surface area contributed by atoms with Gasteiger partial charge in [0, 0.05) is 12.5 Å². The van der Waals surface area contributed by atoms with Gasteiger partial charge in [-0.1, -0.05) is 30.3 Å². The quantitative estimate of drug-likeness (QED) is 0.578. The van der Waals surface area contributed by atoms with Crippen LogP contribution in [0.3, 0.4) is 0 Å². The van der Waals surface area contributed by atoms with E-state index in [0.717, 1.165) is 0 Å². The maximum atomic E-state index is 11.9. The number of Topliss-reactive ketones (excluding diaryl/α,β-unsaturated/α-hetero) is 1. The van der Waals surface area contributed by atoms with Crippen molar-refractivity contribution in [2.75, 3.05) is 6.61 Å². The molecule has 1 unspecified atom stereocenters. The molecule has 19 heavy (non-hydrogen) atoms. The number of carbonyl (C=O) groups excluding carboxylic acids is 3. The van der Waals surface area contributed by atoms with Crippen LogP contribution < -0.4 is 0 Å². The first-order valence-electron chi connectivity index (χ1n) is 5.96. The maximum absolute atomic E-state index is 11.9. The van der Waals surface area contributed by atoms with Crippen LogP contribution in [0.1, 0.15) is 30.6 Å². The average molecular weight is 264 g/mol. The highest BCUT2D eigenvalue weighted by Crippen LogP contribution is 2.09. The summed E-state index contributed by atoms with van der Waals surface area (Å²) in [7, 11) is 0. The Hall–Kier alpha value is -2.17. The Morgan fingerprint density at radius 1 is 1.16 bits per heavy atom. The number of ether oxygens (including phenoxy) is 2. The zero-order valence-electron chi connectivity index (χ0n) is 10.9. The molecule has 0 aliphatic rings. The summed E-state index contributed by atoms with van der Waals surface area (Å²) in [5, 5.41) is 0. The zero-order valence-corrected chi connectivity index (χ0v) is 10.9. The molecule has 0 bridgehead atoms. The lowest BCUT2D eigenvalue weighted by Crippen LogP contribution is -2.31. The number of ketones is 1. The van der Waals surface area contributed by atoms with E-state index in [1.54, 1.807) is 37.3 Å². The van der Waals surface area contributed by atoms with Gasteiger partial charge in [0.1, 0.15) is 0 Å². The van der Waals surface area contributed by atoms with Crippen LogP contribution in [0.4, 0.5) is 0 Å². The summed E-state index contributed by atoms with van der Waals surface area (Å²) in [6.45, 7) is 2.98. The average Bonchev–Trinajstić information content (AvgIpc) is 2.38. The molecule has 102 valence electrons. The van der Waals surface area contributed by atoms with Crippen LogP contribution in [0, 0.1) is 0 Å². The third kappa shape index (κ3) is 4.91. The summed E-state index contributed by atoms with van der Waals surface area (Å²) < 4.78 is 9.60. The number of hydrogen-bond acceptors (Lipinski definition) is 5. The van der Waals surface area contributed by atoms with E-state index >= 15 is 0 Å². The van der Waals surface area contributed by atoms with Crippen molar-refractivity contribution >= 4 is 17.7 Å². The Morgan fingerprint density at radius 2 is 1.79 bits per heavy atom. The van der Waals surface area contributed by atoms with Crippen LogP contribution in [-0.4, -0.2) is 30.4 Å². The van der Waals surface area contributed by atoms with Crippen LogP contribution in [0.15, 0.2) is 30.3 Å². The third-order valence-corrected chi connectivity index (χ3v) is 2.32. The fourth-order valence-electron chi connectivity index (χ4n) is 1.52. The van der Waals surface area contributed by atoms with E-state index < -0.39 is 18.0 Å². The topological polar surface area (TPSA) is 69.7 Å². The molecular formula is C14H16O5. The lowest BCUT2D eigenvalue weighted by molar-refractivity contribution is -0.166. The Labute approximate surface area is 111 Å². The molecule has 5 heteroatoms. The van der Waals surface area contributed by atoms with Crippen molar-refractivity contribution in [2.24, 2.45) is 0 Å². The molecule has 1 atom stereocenters. The van der Waals surface area contributed by atoms with E-state index in [1.807, 2.05) is 0 Å². The molecular weight excluding hydrogens is 248 g/mol. The second-order valence-electron chi connectivity index (χ2n) is 3.84. The molecule has 0 spiro atoms. The fourth-order valence-corrected chi connectivity index (χ4v) is 1.52. The van der Waals surface area contributed by atoms with Crippen molar-refractivity contribution in [1.29, 1.82) is 0 Å². The molecule has 1 rings (SSSR count). The molecule has 0 fully saturated rings. The Morgan fingerprint density at radius 3 is 2.32 bits per heavy atom. The molecule has 0 aliphatic heterocycles. The number of esters is 2. The normalized spacial score (nSPS) is 11.5. The van der Waals surface area contributed by atoms with Crippen LogP contribution in [0.2, 0.25) is 0 Å². The van der Waals surface area contributed by atoms with E-state index in [-0.39, 0.29) is 18.8 Å². The van der Waals surface area contributed by atoms with Gasteiger partial charge in [0.25, 0.3) is 0 Å². The Bertz CT molecular complexity index is 452. The van der Waals surface area contributed by atoms with Crippen LogP contribution in [-0.2, 0) is 19.1 Å². The van der Waals surface area contributed by atoms with Crippen molar-refractivity contribution < 1.29 is 23.9 Å². The molecule has 0 radical (unpaired) electrons. The zero-order chi connectivity index (χ0) is 14.3. The Kier molecular flexibility index (Phi) is 5.73. The predicted octanol–water partition coefficient (Wildman–Crippen LogP) is 1.75. The van der Waals surface area contributed by atoms with Crippen molar-refractivity contribution in [3.8, 4) is 0 Å². The first-order chi connectivity index (χ1) is 9.04. The molecule has 0 saturated carbocycles. The van der Waals surface area contributed by atoms with Crippen LogP contribution in [0.5, 0.6) is 0 Å². The van der Waals surface area contributed by atoms with E-state index in [9.17, 15) is 14.4 Å². The summed E-state index contributed by atoms with van der Waals surface area (Å²) in [4.78, 5) is 34.5. The van der Waals surface area contributed by atoms with Crippen molar-refractivity contribution in [3.05, 3.63) is 35.9 Å². The molecule has 1 aromatic carbocycles. The van der Waals surface area contributed by atoms with Gasteiger partial charge in [-0.25, -0.2) is 4.79 Å². The van der Waals surface area contributed by atoms with E-state index in [0.29, 0.717) is 5.56 Å². The fraction of sp³-hybridized carbons (Fsp3) is 0.357. The molecule has 0 saturated heterocycles. The van der Waals surface area contributed by atoms with Gasteiger partial charge in [-0.15, -0.1) is 0 Å². The largest absolute Gasteiger partial charge is 0.463 e. The number of hydrogen-bond donors (Lipinski definition) is 0. The predicted molar refractivity (Wildman–Crippen MR) is 67.6 cm³/mol. The smallest absolute Gasteiger partial charge is 0.347 e. The van der Waals surface area contributed by atoms with E-state index in [1.165, 1.54) is 6.92 Å². The highest BCUT2D eigenvalue weighted by atomic mass is 16.6. The highest BCUT2D eigenvalue weighted by Gasteiger charge is 2.26. The SMILES string of the molecule is CCOC(=O)C(CC(=O)c1ccccc1)OC(C)=O. The summed E-state index contributed by atoms with van der Waals surface area (Å²) in [5.41, 5.74) is 0.462. The summed E-state index contributed by atoms with van der Waals surface area (Å²) in [6.07, 6.45) is -1.41. The van der Waals surface area contributed by atoms with Crippen molar-refractivity contribution in [3.63, 3.8) is 0 Å². The molecule has 5 nitrogen and oxygen atoms in total. The summed E-state index contributed by atoms with van der Waals surface area (Å²) >= 11 is 0. The number of carbonyl (C=O) groups is 3. The molecule has 0 aromatic heterocycles. The molecule has 1 aromatic rings. The lowest BCUT2D eigenvalue weighted by atomic mass is 10.1.